The van der Waals surface area contributed by atoms with Crippen molar-refractivity contribution in [2.45, 2.75) is 44.3 Å². The highest BCUT2D eigenvalue weighted by molar-refractivity contribution is 5.89. The largest absolute Gasteiger partial charge is 0.394 e. The summed E-state index contributed by atoms with van der Waals surface area (Å²) in [5.41, 5.74) is -0.746. The summed E-state index contributed by atoms with van der Waals surface area (Å²) in [5, 5.41) is 31.1. The summed E-state index contributed by atoms with van der Waals surface area (Å²) in [4.78, 5) is 27.1. The van der Waals surface area contributed by atoms with Crippen molar-refractivity contribution in [3.8, 4) is 0 Å². The number of carbonyl (C=O) groups excluding carboxylic acids is 1. The Labute approximate surface area is 126 Å². The van der Waals surface area contributed by atoms with Gasteiger partial charge in [0.15, 0.2) is 6.23 Å². The molecule has 122 valence electrons. The minimum atomic E-state index is -1.36. The van der Waals surface area contributed by atoms with E-state index in [1.165, 1.54) is 12.3 Å². The van der Waals surface area contributed by atoms with E-state index in [1.807, 2.05) is 6.92 Å². The van der Waals surface area contributed by atoms with Crippen molar-refractivity contribution in [2.24, 2.45) is 0 Å². The predicted molar refractivity (Wildman–Crippen MR) is 75.0 cm³/mol. The van der Waals surface area contributed by atoms with Gasteiger partial charge < -0.3 is 25.4 Å². The minimum Gasteiger partial charge on any atom is -0.394 e. The number of anilines is 1. The van der Waals surface area contributed by atoms with Crippen LogP contribution in [0.1, 0.15) is 26.0 Å². The van der Waals surface area contributed by atoms with Gasteiger partial charge in [0.05, 0.1) is 6.61 Å². The normalized spacial score (nSPS) is 27.8. The third-order valence-corrected chi connectivity index (χ3v) is 3.37. The number of hydrogen-bond donors (Lipinski definition) is 4. The van der Waals surface area contributed by atoms with E-state index in [2.05, 4.69) is 10.3 Å². The summed E-state index contributed by atoms with van der Waals surface area (Å²) < 4.78 is 6.25. The van der Waals surface area contributed by atoms with E-state index in [0.717, 1.165) is 4.57 Å². The first-order chi connectivity index (χ1) is 10.5. The van der Waals surface area contributed by atoms with E-state index in [0.29, 0.717) is 12.8 Å². The molecule has 9 heteroatoms. The number of carbonyl (C=O) groups is 1. The lowest BCUT2D eigenvalue weighted by molar-refractivity contribution is -0.116. The molecule has 1 amide bonds. The molecule has 1 aromatic heterocycles. The van der Waals surface area contributed by atoms with E-state index >= 15 is 0 Å². The fraction of sp³-hybridized carbons (Fsp3) is 0.615. The van der Waals surface area contributed by atoms with Gasteiger partial charge in [0.2, 0.25) is 5.91 Å². The van der Waals surface area contributed by atoms with E-state index in [-0.39, 0.29) is 11.7 Å². The highest BCUT2D eigenvalue weighted by atomic mass is 16.6. The summed E-state index contributed by atoms with van der Waals surface area (Å²) in [6, 6.07) is 1.39. The maximum Gasteiger partial charge on any atom is 0.351 e. The van der Waals surface area contributed by atoms with E-state index in [9.17, 15) is 19.8 Å². The number of amides is 1. The lowest BCUT2D eigenvalue weighted by Gasteiger charge is -2.17. The number of aliphatic hydroxyl groups is 3. The quantitative estimate of drug-likeness (QED) is 0.525. The second-order valence-electron chi connectivity index (χ2n) is 5.03. The summed E-state index contributed by atoms with van der Waals surface area (Å²) in [7, 11) is 0. The number of ether oxygens (including phenoxy) is 1. The highest BCUT2D eigenvalue weighted by Gasteiger charge is 2.43. The van der Waals surface area contributed by atoms with Gasteiger partial charge in [-0.1, -0.05) is 6.92 Å². The maximum atomic E-state index is 12.0. The number of aromatic nitrogens is 2. The molecular formula is C13H19N3O6. The van der Waals surface area contributed by atoms with Crippen LogP contribution >= 0.6 is 0 Å². The molecule has 0 aromatic carbocycles. The Bertz CT molecular complexity index is 589. The third kappa shape index (κ3) is 3.33. The Morgan fingerprint density at radius 1 is 1.45 bits per heavy atom. The van der Waals surface area contributed by atoms with Gasteiger partial charge in [0, 0.05) is 12.6 Å². The van der Waals surface area contributed by atoms with E-state index in [1.54, 1.807) is 0 Å². The van der Waals surface area contributed by atoms with Gasteiger partial charge in [0.25, 0.3) is 0 Å². The van der Waals surface area contributed by atoms with E-state index in [4.69, 9.17) is 9.84 Å². The second kappa shape index (κ2) is 6.97. The molecule has 1 aliphatic heterocycles. The summed E-state index contributed by atoms with van der Waals surface area (Å²) in [6.45, 7) is 1.37. The topological polar surface area (TPSA) is 134 Å². The van der Waals surface area contributed by atoms with Crippen LogP contribution in [0, 0.1) is 0 Å². The molecule has 0 radical (unpaired) electrons. The van der Waals surface area contributed by atoms with Gasteiger partial charge in [-0.05, 0) is 12.5 Å². The molecule has 1 aromatic rings. The van der Waals surface area contributed by atoms with Crippen LogP contribution in [-0.4, -0.2) is 55.7 Å². The number of aliphatic hydroxyl groups excluding tert-OH is 3. The first-order valence-electron chi connectivity index (χ1n) is 6.99. The van der Waals surface area contributed by atoms with Crippen molar-refractivity contribution in [1.29, 1.82) is 0 Å². The molecule has 22 heavy (non-hydrogen) atoms. The molecule has 9 nitrogen and oxygen atoms in total. The molecule has 1 unspecified atom stereocenters. The average Bonchev–Trinajstić information content (AvgIpc) is 2.75. The van der Waals surface area contributed by atoms with Crippen molar-refractivity contribution in [2.75, 3.05) is 11.9 Å². The van der Waals surface area contributed by atoms with Crippen LogP contribution in [0.25, 0.3) is 0 Å². The number of rotatable bonds is 5. The first kappa shape index (κ1) is 16.6. The number of hydrogen-bond acceptors (Lipinski definition) is 7. The molecular weight excluding hydrogens is 294 g/mol. The summed E-state index contributed by atoms with van der Waals surface area (Å²) in [6.07, 6.45) is -2.49. The molecule has 1 fully saturated rings. The van der Waals surface area contributed by atoms with Gasteiger partial charge in [-0.15, -0.1) is 0 Å². The molecule has 1 aliphatic rings. The van der Waals surface area contributed by atoms with Crippen LogP contribution in [0.2, 0.25) is 0 Å². The summed E-state index contributed by atoms with van der Waals surface area (Å²) >= 11 is 0. The van der Waals surface area contributed by atoms with Crippen molar-refractivity contribution in [3.63, 3.8) is 0 Å². The summed E-state index contributed by atoms with van der Waals surface area (Å²) in [5.74, 6) is -0.147. The van der Waals surface area contributed by atoms with Crippen molar-refractivity contribution >= 4 is 11.7 Å². The lowest BCUT2D eigenvalue weighted by Crippen LogP contribution is -2.36. The fourth-order valence-corrected chi connectivity index (χ4v) is 2.22. The highest BCUT2D eigenvalue weighted by Crippen LogP contribution is 2.28. The molecule has 0 aliphatic carbocycles. The minimum absolute atomic E-state index is 0.103. The molecule has 0 spiro atoms. The second-order valence-corrected chi connectivity index (χ2v) is 5.03. The van der Waals surface area contributed by atoms with Crippen LogP contribution in [0.4, 0.5) is 5.82 Å². The monoisotopic (exact) mass is 313 g/mol. The zero-order chi connectivity index (χ0) is 16.3. The zero-order valence-corrected chi connectivity index (χ0v) is 12.0. The molecule has 2 heterocycles. The van der Waals surface area contributed by atoms with E-state index < -0.39 is 36.8 Å². The fourth-order valence-electron chi connectivity index (χ4n) is 2.22. The van der Waals surface area contributed by atoms with Gasteiger partial charge >= 0.3 is 5.69 Å². The van der Waals surface area contributed by atoms with Crippen molar-refractivity contribution < 1.29 is 24.9 Å². The van der Waals surface area contributed by atoms with Gasteiger partial charge in [-0.2, -0.15) is 4.98 Å². The van der Waals surface area contributed by atoms with Crippen LogP contribution in [0.15, 0.2) is 17.1 Å². The van der Waals surface area contributed by atoms with Crippen LogP contribution in [-0.2, 0) is 9.53 Å². The Hall–Kier alpha value is -1.81. The molecule has 4 atom stereocenters. The standard InChI is InChI=1S/C13H19N3O6/c1-2-3-9(18)14-8-4-5-16(13(21)15-8)12-11(20)10(19)7(6-17)22-12/h4-5,7,10-12,17,19-20H,2-3,6H2,1H3,(H,14,15,18,21)/t7-,10-,11-,12?/m1/s1. The smallest absolute Gasteiger partial charge is 0.351 e. The van der Waals surface area contributed by atoms with Gasteiger partial charge in [-0.3, -0.25) is 9.36 Å². The number of nitrogens with zero attached hydrogens (tertiary/aromatic N) is 2. The first-order valence-corrected chi connectivity index (χ1v) is 6.99. The predicted octanol–water partition coefficient (Wildman–Crippen LogP) is -1.41. The molecule has 0 saturated carbocycles. The zero-order valence-electron chi connectivity index (χ0n) is 12.0. The number of nitrogens with one attached hydrogen (secondary N) is 1. The SMILES string of the molecule is CCCC(=O)Nc1ccn(C2O[C@H](CO)[C@@H](O)[C@H]2O)c(=O)n1. The average molecular weight is 313 g/mol. The Morgan fingerprint density at radius 2 is 2.18 bits per heavy atom. The molecule has 4 N–H and O–H groups in total. The molecule has 0 bridgehead atoms. The third-order valence-electron chi connectivity index (χ3n) is 3.37. The van der Waals surface area contributed by atoms with Crippen molar-refractivity contribution in [1.82, 2.24) is 9.55 Å². The Kier molecular flexibility index (Phi) is 5.24. The van der Waals surface area contributed by atoms with Crippen LogP contribution < -0.4 is 11.0 Å². The van der Waals surface area contributed by atoms with Crippen molar-refractivity contribution in [3.05, 3.63) is 22.7 Å². The van der Waals surface area contributed by atoms with Gasteiger partial charge in [0.1, 0.15) is 24.1 Å². The lowest BCUT2D eigenvalue weighted by atomic mass is 10.1. The van der Waals surface area contributed by atoms with Crippen LogP contribution in [0.3, 0.4) is 0 Å². The molecule has 2 rings (SSSR count). The Morgan fingerprint density at radius 3 is 2.73 bits per heavy atom. The van der Waals surface area contributed by atoms with Gasteiger partial charge in [-0.25, -0.2) is 4.79 Å². The maximum absolute atomic E-state index is 12.0. The molecule has 1 saturated heterocycles. The Balaban J connectivity index is 2.17. The van der Waals surface area contributed by atoms with Crippen LogP contribution in [0.5, 0.6) is 0 Å².